The lowest BCUT2D eigenvalue weighted by molar-refractivity contribution is -0.660. The fraction of sp³-hybridized carbons (Fsp3) is 0.0833. The van der Waals surface area contributed by atoms with E-state index in [1.54, 1.807) is 6.20 Å². The molecule has 3 heteroatoms. The van der Waals surface area contributed by atoms with Gasteiger partial charge in [-0.3, -0.25) is 4.98 Å². The Morgan fingerprint density at radius 2 is 1.67 bits per heavy atom. The Balaban J connectivity index is 1.89. The zero-order valence-electron chi connectivity index (χ0n) is 15.3. The molecule has 5 aromatic rings. The van der Waals surface area contributed by atoms with Crippen LogP contribution in [0.5, 0.6) is 0 Å². The molecule has 0 aliphatic rings. The van der Waals surface area contributed by atoms with Crippen LogP contribution in [0.2, 0.25) is 0 Å². The molecule has 0 bridgehead atoms. The number of hydrogen-bond donors (Lipinski definition) is 0. The maximum atomic E-state index is 6.52. The Hall–Kier alpha value is -3.46. The van der Waals surface area contributed by atoms with Crippen LogP contribution in [0.4, 0.5) is 0 Å². The molecule has 27 heavy (non-hydrogen) atoms. The van der Waals surface area contributed by atoms with Gasteiger partial charge in [0.05, 0.1) is 18.0 Å². The van der Waals surface area contributed by atoms with Crippen molar-refractivity contribution in [3.05, 3.63) is 84.8 Å². The molecule has 0 N–H and O–H groups in total. The number of hydrogen-bond acceptors (Lipinski definition) is 2. The van der Waals surface area contributed by atoms with E-state index in [9.17, 15) is 0 Å². The largest absolute Gasteiger partial charge is 0.454 e. The summed E-state index contributed by atoms with van der Waals surface area (Å²) < 4.78 is 8.60. The van der Waals surface area contributed by atoms with Crippen LogP contribution in [-0.4, -0.2) is 4.98 Å². The van der Waals surface area contributed by atoms with Crippen molar-refractivity contribution in [3.8, 4) is 22.4 Å². The summed E-state index contributed by atoms with van der Waals surface area (Å²) in [4.78, 5) is 4.33. The molecule has 0 spiro atoms. The second kappa shape index (κ2) is 6.06. The number of aryl methyl sites for hydroxylation is 2. The predicted molar refractivity (Wildman–Crippen MR) is 108 cm³/mol. The normalized spacial score (nSPS) is 11.3. The van der Waals surface area contributed by atoms with Crippen molar-refractivity contribution in [1.82, 2.24) is 4.98 Å². The summed E-state index contributed by atoms with van der Waals surface area (Å²) in [5, 5.41) is 2.27. The van der Waals surface area contributed by atoms with E-state index in [0.29, 0.717) is 0 Å². The van der Waals surface area contributed by atoms with E-state index in [-0.39, 0.29) is 0 Å². The molecule has 5 rings (SSSR count). The van der Waals surface area contributed by atoms with Crippen molar-refractivity contribution >= 4 is 21.9 Å². The van der Waals surface area contributed by atoms with Crippen molar-refractivity contribution in [2.24, 2.45) is 7.05 Å². The van der Waals surface area contributed by atoms with E-state index in [0.717, 1.165) is 44.3 Å². The van der Waals surface area contributed by atoms with Crippen molar-refractivity contribution in [2.75, 3.05) is 0 Å². The minimum absolute atomic E-state index is 0.914. The lowest BCUT2D eigenvalue weighted by Crippen LogP contribution is -2.30. The van der Waals surface area contributed by atoms with Crippen LogP contribution in [0.15, 0.2) is 83.7 Å². The average molecular weight is 351 g/mol. The molecule has 0 unspecified atom stereocenters. The molecule has 3 nitrogen and oxygen atoms in total. The molecule has 0 amide bonds. The van der Waals surface area contributed by atoms with E-state index in [2.05, 4.69) is 71.1 Å². The van der Waals surface area contributed by atoms with Crippen LogP contribution < -0.4 is 4.57 Å². The lowest BCUT2D eigenvalue weighted by Gasteiger charge is -2.04. The number of fused-ring (bicyclic) bond motifs is 3. The molecule has 0 aliphatic heterocycles. The highest BCUT2D eigenvalue weighted by Crippen LogP contribution is 2.40. The molecule has 0 radical (unpaired) electrons. The van der Waals surface area contributed by atoms with Gasteiger partial charge in [0, 0.05) is 16.3 Å². The van der Waals surface area contributed by atoms with Crippen molar-refractivity contribution in [1.29, 1.82) is 0 Å². The second-order valence-electron chi connectivity index (χ2n) is 6.86. The van der Waals surface area contributed by atoms with Gasteiger partial charge in [-0.1, -0.05) is 60.7 Å². The fourth-order valence-corrected chi connectivity index (χ4v) is 3.79. The van der Waals surface area contributed by atoms with Gasteiger partial charge in [0.1, 0.15) is 18.2 Å². The average Bonchev–Trinajstić information content (AvgIpc) is 3.08. The summed E-state index contributed by atoms with van der Waals surface area (Å²) in [6.07, 6.45) is 5.66. The molecule has 0 fully saturated rings. The first-order chi connectivity index (χ1) is 13.2. The summed E-state index contributed by atoms with van der Waals surface area (Å²) in [5.41, 5.74) is 7.43. The van der Waals surface area contributed by atoms with Crippen LogP contribution in [0.25, 0.3) is 44.3 Å². The third-order valence-electron chi connectivity index (χ3n) is 5.17. The molecule has 0 aliphatic carbocycles. The first-order valence-electron chi connectivity index (χ1n) is 9.04. The Labute approximate surface area is 157 Å². The monoisotopic (exact) mass is 351 g/mol. The molecule has 130 valence electrons. The Morgan fingerprint density at radius 3 is 2.48 bits per heavy atom. The number of rotatable bonds is 2. The standard InChI is InChI=1S/C24H19N2O/c1-16-11-12-20-19-10-6-9-18(17-7-4-3-5-8-17)23(19)27-24(20)22(16)21-15-25-13-14-26(21)2/h3-15H,1-2H3/q+1. The van der Waals surface area contributed by atoms with Crippen LogP contribution in [0.1, 0.15) is 5.56 Å². The highest BCUT2D eigenvalue weighted by molar-refractivity contribution is 6.13. The van der Waals surface area contributed by atoms with Gasteiger partial charge in [-0.2, -0.15) is 4.57 Å². The van der Waals surface area contributed by atoms with E-state index in [4.69, 9.17) is 4.42 Å². The molecule has 0 atom stereocenters. The third kappa shape index (κ3) is 2.43. The first-order valence-corrected chi connectivity index (χ1v) is 9.04. The molecule has 0 saturated heterocycles. The molecule has 2 aromatic heterocycles. The van der Waals surface area contributed by atoms with E-state index in [1.165, 1.54) is 5.56 Å². The first kappa shape index (κ1) is 15.8. The fourth-order valence-electron chi connectivity index (χ4n) is 3.79. The van der Waals surface area contributed by atoms with Crippen molar-refractivity contribution in [3.63, 3.8) is 0 Å². The Kier molecular flexibility index (Phi) is 3.54. The number of benzene rings is 3. The summed E-state index contributed by atoms with van der Waals surface area (Å²) in [6, 6.07) is 21.1. The van der Waals surface area contributed by atoms with Gasteiger partial charge in [-0.05, 0) is 18.1 Å². The van der Waals surface area contributed by atoms with Crippen LogP contribution in [-0.2, 0) is 7.05 Å². The van der Waals surface area contributed by atoms with Gasteiger partial charge in [0.25, 0.3) is 0 Å². The van der Waals surface area contributed by atoms with E-state index >= 15 is 0 Å². The summed E-state index contributed by atoms with van der Waals surface area (Å²) in [6.45, 7) is 2.12. The quantitative estimate of drug-likeness (QED) is 0.396. The molecule has 0 saturated carbocycles. The van der Waals surface area contributed by atoms with Gasteiger partial charge in [0.2, 0.25) is 5.69 Å². The van der Waals surface area contributed by atoms with Crippen LogP contribution in [0.3, 0.4) is 0 Å². The van der Waals surface area contributed by atoms with E-state index in [1.807, 2.05) is 25.5 Å². The zero-order valence-corrected chi connectivity index (χ0v) is 15.3. The van der Waals surface area contributed by atoms with Crippen LogP contribution >= 0.6 is 0 Å². The maximum absolute atomic E-state index is 6.52. The molecule has 3 aromatic carbocycles. The number of aromatic nitrogens is 2. The van der Waals surface area contributed by atoms with Crippen molar-refractivity contribution in [2.45, 2.75) is 6.92 Å². The SMILES string of the molecule is Cc1ccc2c(oc3c(-c4ccccc4)cccc32)c1-c1cncc[n+]1C. The van der Waals surface area contributed by atoms with Gasteiger partial charge in [-0.15, -0.1) is 0 Å². The molecular formula is C24H19N2O+. The molecular weight excluding hydrogens is 332 g/mol. The van der Waals surface area contributed by atoms with Crippen molar-refractivity contribution < 1.29 is 8.98 Å². The predicted octanol–water partition coefficient (Wildman–Crippen LogP) is 5.45. The second-order valence-corrected chi connectivity index (χ2v) is 6.86. The summed E-state index contributed by atoms with van der Waals surface area (Å²) in [7, 11) is 2.04. The van der Waals surface area contributed by atoms with Gasteiger partial charge < -0.3 is 4.42 Å². The zero-order chi connectivity index (χ0) is 18.4. The topological polar surface area (TPSA) is 29.9 Å². The minimum atomic E-state index is 0.914. The highest BCUT2D eigenvalue weighted by atomic mass is 16.3. The number of para-hydroxylation sites is 1. The Morgan fingerprint density at radius 1 is 0.852 bits per heavy atom. The maximum Gasteiger partial charge on any atom is 0.234 e. The molecule has 2 heterocycles. The van der Waals surface area contributed by atoms with E-state index < -0.39 is 0 Å². The third-order valence-corrected chi connectivity index (χ3v) is 5.17. The smallest absolute Gasteiger partial charge is 0.234 e. The van der Waals surface area contributed by atoms with Gasteiger partial charge in [-0.25, -0.2) is 0 Å². The number of nitrogens with zero attached hydrogens (tertiary/aromatic N) is 2. The summed E-state index contributed by atoms with van der Waals surface area (Å²) >= 11 is 0. The minimum Gasteiger partial charge on any atom is -0.454 e. The van der Waals surface area contributed by atoms with Crippen LogP contribution in [0, 0.1) is 6.92 Å². The van der Waals surface area contributed by atoms with Gasteiger partial charge in [0.15, 0.2) is 6.20 Å². The number of furan rings is 1. The lowest BCUT2D eigenvalue weighted by atomic mass is 9.99. The van der Waals surface area contributed by atoms with Gasteiger partial charge >= 0.3 is 0 Å². The Bertz CT molecular complexity index is 1290. The highest BCUT2D eigenvalue weighted by Gasteiger charge is 2.21. The summed E-state index contributed by atoms with van der Waals surface area (Å²) in [5.74, 6) is 0.